The van der Waals surface area contributed by atoms with Crippen LogP contribution in [-0.2, 0) is 11.8 Å². The second-order valence-corrected chi connectivity index (χ2v) is 9.13. The van der Waals surface area contributed by atoms with Crippen molar-refractivity contribution >= 4 is 23.6 Å². The highest BCUT2D eigenvalue weighted by Gasteiger charge is 2.23. The van der Waals surface area contributed by atoms with Crippen LogP contribution in [0.25, 0.3) is 0 Å². The summed E-state index contributed by atoms with van der Waals surface area (Å²) in [5, 5.41) is 15.2. The molecule has 162 valence electrons. The Kier molecular flexibility index (Phi) is 7.53. The summed E-state index contributed by atoms with van der Waals surface area (Å²) >= 11 is 1.36. The molecule has 1 saturated carbocycles. The number of hydrogen-bond donors (Lipinski definition) is 2. The van der Waals surface area contributed by atoms with E-state index in [0.717, 1.165) is 12.0 Å². The van der Waals surface area contributed by atoms with E-state index in [2.05, 4.69) is 27.8 Å². The highest BCUT2D eigenvalue weighted by molar-refractivity contribution is 7.99. The van der Waals surface area contributed by atoms with Gasteiger partial charge in [-0.15, -0.1) is 10.2 Å². The van der Waals surface area contributed by atoms with Gasteiger partial charge in [0.05, 0.1) is 11.8 Å². The van der Waals surface area contributed by atoms with Crippen LogP contribution >= 0.6 is 11.8 Å². The standard InChI is InChI=1S/C22H31N5O2S/c1-14-9-11-17(12-10-14)21(29)23-16(3)20-25-26-22(27(20)4)30-13-19(28)24-18-8-6-5-7-15(18)2/h9-12,15-16,18H,5-8,13H2,1-4H3,(H,23,29)(H,24,28)/t15-,16+,18-/m0/s1. The van der Waals surface area contributed by atoms with Crippen LogP contribution in [0.5, 0.6) is 0 Å². The van der Waals surface area contributed by atoms with Gasteiger partial charge < -0.3 is 15.2 Å². The highest BCUT2D eigenvalue weighted by Crippen LogP contribution is 2.24. The van der Waals surface area contributed by atoms with Crippen molar-refractivity contribution in [3.8, 4) is 0 Å². The lowest BCUT2D eigenvalue weighted by molar-refractivity contribution is -0.119. The Hall–Kier alpha value is -2.35. The number of benzene rings is 1. The lowest BCUT2D eigenvalue weighted by atomic mass is 9.86. The third-order valence-corrected chi connectivity index (χ3v) is 6.73. The van der Waals surface area contributed by atoms with Gasteiger partial charge >= 0.3 is 0 Å². The molecule has 30 heavy (non-hydrogen) atoms. The van der Waals surface area contributed by atoms with Crippen LogP contribution < -0.4 is 10.6 Å². The molecule has 0 spiro atoms. The maximum atomic E-state index is 12.5. The number of carbonyl (C=O) groups excluding carboxylic acids is 2. The van der Waals surface area contributed by atoms with Crippen molar-refractivity contribution in [1.82, 2.24) is 25.4 Å². The molecule has 0 aliphatic heterocycles. The number of nitrogens with one attached hydrogen (secondary N) is 2. The van der Waals surface area contributed by atoms with E-state index in [4.69, 9.17) is 0 Å². The first-order valence-corrected chi connectivity index (χ1v) is 11.5. The van der Waals surface area contributed by atoms with E-state index in [1.807, 2.05) is 37.6 Å². The number of carbonyl (C=O) groups is 2. The van der Waals surface area contributed by atoms with E-state index < -0.39 is 0 Å². The van der Waals surface area contributed by atoms with Gasteiger partial charge in [0.25, 0.3) is 5.91 Å². The maximum absolute atomic E-state index is 12.5. The molecule has 3 atom stereocenters. The number of nitrogens with zero attached hydrogens (tertiary/aromatic N) is 3. The molecular formula is C22H31N5O2S. The summed E-state index contributed by atoms with van der Waals surface area (Å²) in [4.78, 5) is 24.8. The van der Waals surface area contributed by atoms with Crippen LogP contribution in [0, 0.1) is 12.8 Å². The van der Waals surface area contributed by atoms with Gasteiger partial charge in [-0.25, -0.2) is 0 Å². The number of amides is 2. The Morgan fingerprint density at radius 2 is 1.90 bits per heavy atom. The highest BCUT2D eigenvalue weighted by atomic mass is 32.2. The van der Waals surface area contributed by atoms with Gasteiger partial charge in [0.2, 0.25) is 5.91 Å². The van der Waals surface area contributed by atoms with Crippen molar-refractivity contribution in [3.63, 3.8) is 0 Å². The third kappa shape index (κ3) is 5.62. The molecular weight excluding hydrogens is 398 g/mol. The second kappa shape index (κ2) is 10.1. The van der Waals surface area contributed by atoms with Crippen molar-refractivity contribution < 1.29 is 9.59 Å². The van der Waals surface area contributed by atoms with E-state index in [1.54, 1.807) is 12.1 Å². The van der Waals surface area contributed by atoms with Crippen LogP contribution in [0.15, 0.2) is 29.4 Å². The monoisotopic (exact) mass is 429 g/mol. The molecule has 1 heterocycles. The molecule has 0 radical (unpaired) electrons. The first kappa shape index (κ1) is 22.3. The fraction of sp³-hybridized carbons (Fsp3) is 0.545. The fourth-order valence-electron chi connectivity index (χ4n) is 3.79. The maximum Gasteiger partial charge on any atom is 0.251 e. The molecule has 0 unspecified atom stereocenters. The predicted molar refractivity (Wildman–Crippen MR) is 118 cm³/mol. The van der Waals surface area contributed by atoms with E-state index >= 15 is 0 Å². The minimum atomic E-state index is -0.303. The Balaban J connectivity index is 1.53. The van der Waals surface area contributed by atoms with Crippen molar-refractivity contribution in [1.29, 1.82) is 0 Å². The summed E-state index contributed by atoms with van der Waals surface area (Å²) < 4.78 is 1.83. The van der Waals surface area contributed by atoms with E-state index in [0.29, 0.717) is 28.2 Å². The molecule has 1 aromatic heterocycles. The molecule has 1 aromatic carbocycles. The summed E-state index contributed by atoms with van der Waals surface area (Å²) in [5.41, 5.74) is 1.72. The van der Waals surface area contributed by atoms with Crippen LogP contribution in [0.1, 0.15) is 67.3 Å². The molecule has 3 rings (SSSR count). The quantitative estimate of drug-likeness (QED) is 0.659. The molecule has 1 aliphatic carbocycles. The van der Waals surface area contributed by atoms with Crippen LogP contribution in [0.3, 0.4) is 0 Å². The average Bonchev–Trinajstić information content (AvgIpc) is 3.09. The molecule has 1 fully saturated rings. The van der Waals surface area contributed by atoms with E-state index in [9.17, 15) is 9.59 Å². The second-order valence-electron chi connectivity index (χ2n) is 8.19. The minimum absolute atomic E-state index is 0.0315. The van der Waals surface area contributed by atoms with Crippen molar-refractivity contribution in [2.45, 2.75) is 63.7 Å². The predicted octanol–water partition coefficient (Wildman–Crippen LogP) is 3.40. The first-order chi connectivity index (χ1) is 14.3. The van der Waals surface area contributed by atoms with Crippen LogP contribution in [-0.4, -0.2) is 38.4 Å². The van der Waals surface area contributed by atoms with Crippen molar-refractivity contribution in [3.05, 3.63) is 41.2 Å². The summed E-state index contributed by atoms with van der Waals surface area (Å²) in [6, 6.07) is 7.41. The Morgan fingerprint density at radius 1 is 1.20 bits per heavy atom. The zero-order chi connectivity index (χ0) is 21.7. The minimum Gasteiger partial charge on any atom is -0.352 e. The lowest BCUT2D eigenvalue weighted by Gasteiger charge is -2.29. The summed E-state index contributed by atoms with van der Waals surface area (Å²) in [6.45, 7) is 6.07. The normalized spacial score (nSPS) is 19.9. The Morgan fingerprint density at radius 3 is 2.60 bits per heavy atom. The molecule has 2 aromatic rings. The van der Waals surface area contributed by atoms with Crippen LogP contribution in [0.2, 0.25) is 0 Å². The first-order valence-electron chi connectivity index (χ1n) is 10.5. The molecule has 2 amide bonds. The van der Waals surface area contributed by atoms with Crippen molar-refractivity contribution in [2.75, 3.05) is 5.75 Å². The van der Waals surface area contributed by atoms with Gasteiger partial charge in [0.15, 0.2) is 11.0 Å². The molecule has 8 heteroatoms. The number of rotatable bonds is 7. The summed E-state index contributed by atoms with van der Waals surface area (Å²) in [6.07, 6.45) is 4.67. The topological polar surface area (TPSA) is 88.9 Å². The van der Waals surface area contributed by atoms with Crippen LogP contribution in [0.4, 0.5) is 0 Å². The van der Waals surface area contributed by atoms with E-state index in [-0.39, 0.29) is 23.9 Å². The van der Waals surface area contributed by atoms with Gasteiger partial charge in [-0.2, -0.15) is 0 Å². The summed E-state index contributed by atoms with van der Waals surface area (Å²) in [7, 11) is 1.85. The largest absolute Gasteiger partial charge is 0.352 e. The fourth-order valence-corrected chi connectivity index (χ4v) is 4.52. The molecule has 7 nitrogen and oxygen atoms in total. The third-order valence-electron chi connectivity index (χ3n) is 5.71. The summed E-state index contributed by atoms with van der Waals surface area (Å²) in [5.74, 6) is 1.37. The van der Waals surface area contributed by atoms with Gasteiger partial charge in [0, 0.05) is 18.7 Å². The molecule has 2 N–H and O–H groups in total. The number of aryl methyl sites for hydroxylation is 1. The van der Waals surface area contributed by atoms with Gasteiger partial charge in [-0.05, 0) is 44.7 Å². The smallest absolute Gasteiger partial charge is 0.251 e. The Bertz CT molecular complexity index is 880. The number of thioether (sulfide) groups is 1. The molecule has 1 aliphatic rings. The zero-order valence-electron chi connectivity index (χ0n) is 18.1. The molecule has 0 saturated heterocycles. The van der Waals surface area contributed by atoms with Crippen molar-refractivity contribution in [2.24, 2.45) is 13.0 Å². The van der Waals surface area contributed by atoms with Gasteiger partial charge in [-0.1, -0.05) is 49.2 Å². The Labute approximate surface area is 182 Å². The SMILES string of the molecule is Cc1ccc(C(=O)N[C@H](C)c2nnc(SCC(=O)N[C@H]3CCCC[C@@H]3C)n2C)cc1. The zero-order valence-corrected chi connectivity index (χ0v) is 19.0. The lowest BCUT2D eigenvalue weighted by Crippen LogP contribution is -2.41. The van der Waals surface area contributed by atoms with E-state index in [1.165, 1.54) is 31.0 Å². The number of aromatic nitrogens is 3. The van der Waals surface area contributed by atoms with Gasteiger partial charge in [-0.3, -0.25) is 9.59 Å². The average molecular weight is 430 g/mol. The number of hydrogen-bond acceptors (Lipinski definition) is 5. The van der Waals surface area contributed by atoms with Gasteiger partial charge in [0.1, 0.15) is 0 Å². The molecule has 0 bridgehead atoms.